The summed E-state index contributed by atoms with van der Waals surface area (Å²) in [6.07, 6.45) is 4.74. The van der Waals surface area contributed by atoms with Crippen molar-refractivity contribution in [1.29, 1.82) is 0 Å². The van der Waals surface area contributed by atoms with Crippen LogP contribution >= 0.6 is 11.6 Å². The van der Waals surface area contributed by atoms with Gasteiger partial charge in [0.2, 0.25) is 0 Å². The standard InChI is InChI=1S/C5H6ClN/c6-4-5-2-1-3-7-5/h1,3H,2,4H2. The lowest BCUT2D eigenvalue weighted by atomic mass is 10.3. The molecule has 1 aliphatic rings. The van der Waals surface area contributed by atoms with Crippen molar-refractivity contribution >= 4 is 17.3 Å². The van der Waals surface area contributed by atoms with E-state index >= 15 is 0 Å². The fourth-order valence-corrected chi connectivity index (χ4v) is 0.667. The molecule has 1 nitrogen and oxygen atoms in total. The molecule has 0 saturated carbocycles. The van der Waals surface area contributed by atoms with E-state index in [0.717, 1.165) is 12.1 Å². The van der Waals surface area contributed by atoms with Crippen molar-refractivity contribution in [3.8, 4) is 0 Å². The van der Waals surface area contributed by atoms with Gasteiger partial charge in [0.05, 0.1) is 5.88 Å². The van der Waals surface area contributed by atoms with Gasteiger partial charge in [0.25, 0.3) is 0 Å². The Balaban J connectivity index is 2.45. The molecule has 0 spiro atoms. The van der Waals surface area contributed by atoms with E-state index in [1.165, 1.54) is 0 Å². The molecule has 38 valence electrons. The highest BCUT2D eigenvalue weighted by molar-refractivity contribution is 6.29. The predicted molar refractivity (Wildman–Crippen MR) is 31.9 cm³/mol. The minimum atomic E-state index is 0.576. The summed E-state index contributed by atoms with van der Waals surface area (Å²) in [5, 5.41) is 0. The van der Waals surface area contributed by atoms with Gasteiger partial charge in [-0.1, -0.05) is 6.08 Å². The number of nitrogens with zero attached hydrogens (tertiary/aromatic N) is 1. The average Bonchev–Trinajstić information content (AvgIpc) is 2.14. The lowest BCUT2D eigenvalue weighted by Crippen LogP contribution is -1.91. The third-order valence-electron chi connectivity index (χ3n) is 0.870. The van der Waals surface area contributed by atoms with E-state index in [4.69, 9.17) is 11.6 Å². The number of halogens is 1. The van der Waals surface area contributed by atoms with Gasteiger partial charge in [-0.05, 0) is 0 Å². The molecule has 2 heteroatoms. The highest BCUT2D eigenvalue weighted by Gasteiger charge is 1.95. The number of alkyl halides is 1. The highest BCUT2D eigenvalue weighted by Crippen LogP contribution is 2.00. The second kappa shape index (κ2) is 2.12. The molecule has 0 aromatic carbocycles. The number of rotatable bonds is 1. The van der Waals surface area contributed by atoms with E-state index < -0.39 is 0 Å². The van der Waals surface area contributed by atoms with Crippen LogP contribution in [-0.4, -0.2) is 11.6 Å². The van der Waals surface area contributed by atoms with Gasteiger partial charge >= 0.3 is 0 Å². The fourth-order valence-electron chi connectivity index (χ4n) is 0.489. The smallest absolute Gasteiger partial charge is 0.0611 e. The van der Waals surface area contributed by atoms with Gasteiger partial charge in [-0.3, -0.25) is 4.99 Å². The first-order chi connectivity index (χ1) is 3.43. The van der Waals surface area contributed by atoms with Crippen LogP contribution in [0.4, 0.5) is 0 Å². The van der Waals surface area contributed by atoms with E-state index in [1.54, 1.807) is 6.20 Å². The van der Waals surface area contributed by atoms with E-state index in [-0.39, 0.29) is 0 Å². The van der Waals surface area contributed by atoms with Gasteiger partial charge in [0, 0.05) is 18.3 Å². The molecule has 0 N–H and O–H groups in total. The van der Waals surface area contributed by atoms with Crippen molar-refractivity contribution in [3.63, 3.8) is 0 Å². The molecule has 0 atom stereocenters. The molecular formula is C5H6ClN. The molecule has 0 aromatic rings. The van der Waals surface area contributed by atoms with Crippen LogP contribution in [-0.2, 0) is 0 Å². The van der Waals surface area contributed by atoms with Crippen molar-refractivity contribution in [1.82, 2.24) is 0 Å². The maximum atomic E-state index is 5.44. The van der Waals surface area contributed by atoms with Crippen LogP contribution < -0.4 is 0 Å². The van der Waals surface area contributed by atoms with Gasteiger partial charge in [-0.25, -0.2) is 0 Å². The summed E-state index contributed by atoms with van der Waals surface area (Å²) in [6.45, 7) is 0. The molecule has 0 unspecified atom stereocenters. The van der Waals surface area contributed by atoms with Crippen molar-refractivity contribution in [2.45, 2.75) is 6.42 Å². The number of hydrogen-bond acceptors (Lipinski definition) is 1. The van der Waals surface area contributed by atoms with Gasteiger partial charge < -0.3 is 0 Å². The lowest BCUT2D eigenvalue weighted by molar-refractivity contribution is 1.50. The minimum Gasteiger partial charge on any atom is -0.264 e. The summed E-state index contributed by atoms with van der Waals surface area (Å²) >= 11 is 5.44. The van der Waals surface area contributed by atoms with Gasteiger partial charge in [0.15, 0.2) is 0 Å². The van der Waals surface area contributed by atoms with Crippen molar-refractivity contribution in [2.24, 2.45) is 4.99 Å². The zero-order valence-electron chi connectivity index (χ0n) is 3.89. The molecule has 1 aliphatic heterocycles. The van der Waals surface area contributed by atoms with Crippen LogP contribution in [0.25, 0.3) is 0 Å². The largest absolute Gasteiger partial charge is 0.264 e. The Kier molecular flexibility index (Phi) is 1.47. The molecule has 0 aliphatic carbocycles. The third kappa shape index (κ3) is 1.03. The van der Waals surface area contributed by atoms with Crippen molar-refractivity contribution in [2.75, 3.05) is 5.88 Å². The molecule has 7 heavy (non-hydrogen) atoms. The average molecular weight is 116 g/mol. The van der Waals surface area contributed by atoms with Crippen LogP contribution in [0.3, 0.4) is 0 Å². The summed E-state index contributed by atoms with van der Waals surface area (Å²) in [5.41, 5.74) is 1.07. The molecule has 1 heterocycles. The Labute approximate surface area is 47.7 Å². The van der Waals surface area contributed by atoms with E-state index in [9.17, 15) is 0 Å². The van der Waals surface area contributed by atoms with Crippen LogP contribution in [0.5, 0.6) is 0 Å². The Morgan fingerprint density at radius 3 is 3.00 bits per heavy atom. The summed E-state index contributed by atoms with van der Waals surface area (Å²) in [7, 11) is 0. The van der Waals surface area contributed by atoms with Crippen LogP contribution in [0.1, 0.15) is 6.42 Å². The number of aliphatic imine (C=N–C) groups is 1. The summed E-state index contributed by atoms with van der Waals surface area (Å²) in [6, 6.07) is 0. The maximum absolute atomic E-state index is 5.44. The van der Waals surface area contributed by atoms with Gasteiger partial charge in [-0.2, -0.15) is 0 Å². The molecule has 0 fully saturated rings. The molecule has 0 amide bonds. The quantitative estimate of drug-likeness (QED) is 0.460. The molecule has 0 radical (unpaired) electrons. The zero-order chi connectivity index (χ0) is 5.11. The Morgan fingerprint density at radius 2 is 2.71 bits per heavy atom. The van der Waals surface area contributed by atoms with Gasteiger partial charge in [-0.15, -0.1) is 11.6 Å². The molecular weight excluding hydrogens is 110 g/mol. The van der Waals surface area contributed by atoms with E-state index in [1.807, 2.05) is 6.08 Å². The second-order valence-corrected chi connectivity index (χ2v) is 1.69. The predicted octanol–water partition coefficient (Wildman–Crippen LogP) is 1.58. The molecule has 0 aromatic heterocycles. The van der Waals surface area contributed by atoms with Crippen molar-refractivity contribution < 1.29 is 0 Å². The molecule has 0 saturated heterocycles. The first-order valence-electron chi connectivity index (χ1n) is 2.20. The lowest BCUT2D eigenvalue weighted by Gasteiger charge is -1.84. The van der Waals surface area contributed by atoms with Crippen LogP contribution in [0.2, 0.25) is 0 Å². The summed E-state index contributed by atoms with van der Waals surface area (Å²) in [4.78, 5) is 3.96. The zero-order valence-corrected chi connectivity index (χ0v) is 4.65. The normalized spacial score (nSPS) is 17.6. The summed E-state index contributed by atoms with van der Waals surface area (Å²) < 4.78 is 0. The second-order valence-electron chi connectivity index (χ2n) is 1.42. The molecule has 1 rings (SSSR count). The van der Waals surface area contributed by atoms with Crippen molar-refractivity contribution in [3.05, 3.63) is 12.3 Å². The first kappa shape index (κ1) is 4.85. The number of allylic oxidation sites excluding steroid dienone is 1. The first-order valence-corrected chi connectivity index (χ1v) is 2.73. The molecule has 0 bridgehead atoms. The number of hydrogen-bond donors (Lipinski definition) is 0. The third-order valence-corrected chi connectivity index (χ3v) is 1.18. The SMILES string of the molecule is ClCC1=NC=CC1. The van der Waals surface area contributed by atoms with Crippen LogP contribution in [0.15, 0.2) is 17.3 Å². The van der Waals surface area contributed by atoms with Crippen LogP contribution in [0, 0.1) is 0 Å². The minimum absolute atomic E-state index is 0.576. The Hall–Kier alpha value is -0.300. The maximum Gasteiger partial charge on any atom is 0.0611 e. The summed E-state index contributed by atoms with van der Waals surface area (Å²) in [5.74, 6) is 0.576. The fraction of sp³-hybridized carbons (Fsp3) is 0.400. The Bertz CT molecular complexity index is 115. The van der Waals surface area contributed by atoms with E-state index in [2.05, 4.69) is 4.99 Å². The monoisotopic (exact) mass is 115 g/mol. The van der Waals surface area contributed by atoms with E-state index in [0.29, 0.717) is 5.88 Å². The van der Waals surface area contributed by atoms with Gasteiger partial charge in [0.1, 0.15) is 0 Å². The highest BCUT2D eigenvalue weighted by atomic mass is 35.5. The Morgan fingerprint density at radius 1 is 1.86 bits per heavy atom. The topological polar surface area (TPSA) is 12.4 Å².